The highest BCUT2D eigenvalue weighted by Crippen LogP contribution is 2.29. The summed E-state index contributed by atoms with van der Waals surface area (Å²) in [5, 5.41) is 4.32. The summed E-state index contributed by atoms with van der Waals surface area (Å²) in [7, 11) is 1.64. The van der Waals surface area contributed by atoms with Gasteiger partial charge in [-0.25, -0.2) is 5.43 Å². The molecule has 5 nitrogen and oxygen atoms in total. The maximum Gasteiger partial charge on any atom is 0.161 e. The first-order valence-corrected chi connectivity index (χ1v) is 6.33. The first kappa shape index (κ1) is 13.6. The van der Waals surface area contributed by atoms with Crippen LogP contribution in [0.1, 0.15) is 29.8 Å². The van der Waals surface area contributed by atoms with Gasteiger partial charge < -0.3 is 4.74 Å². The van der Waals surface area contributed by atoms with Crippen molar-refractivity contribution in [2.45, 2.75) is 26.4 Å². The van der Waals surface area contributed by atoms with Crippen LogP contribution < -0.4 is 16.0 Å². The molecule has 1 aromatic heterocycles. The van der Waals surface area contributed by atoms with Crippen molar-refractivity contribution >= 4 is 0 Å². The van der Waals surface area contributed by atoms with E-state index in [1.165, 1.54) is 5.56 Å². The fourth-order valence-electron chi connectivity index (χ4n) is 2.26. The number of aromatic nitrogens is 2. The molecular formula is C14H20N4O. The summed E-state index contributed by atoms with van der Waals surface area (Å²) >= 11 is 0. The number of hydrazine groups is 1. The molecule has 5 heteroatoms. The largest absolute Gasteiger partial charge is 0.493 e. The Morgan fingerprint density at radius 3 is 2.84 bits per heavy atom. The second-order valence-corrected chi connectivity index (χ2v) is 4.43. The van der Waals surface area contributed by atoms with E-state index < -0.39 is 0 Å². The van der Waals surface area contributed by atoms with Gasteiger partial charge in [-0.05, 0) is 19.4 Å². The van der Waals surface area contributed by atoms with Gasteiger partial charge in [0.25, 0.3) is 0 Å². The molecule has 0 aliphatic rings. The fourth-order valence-corrected chi connectivity index (χ4v) is 2.26. The van der Waals surface area contributed by atoms with Crippen molar-refractivity contribution in [2.75, 3.05) is 7.11 Å². The van der Waals surface area contributed by atoms with Crippen molar-refractivity contribution in [1.29, 1.82) is 0 Å². The Hall–Kier alpha value is -1.85. The Morgan fingerprint density at radius 1 is 1.47 bits per heavy atom. The Balaban J connectivity index is 2.50. The topological polar surface area (TPSA) is 65.1 Å². The van der Waals surface area contributed by atoms with Crippen LogP contribution in [0.5, 0.6) is 5.75 Å². The predicted octanol–water partition coefficient (Wildman–Crippen LogP) is 1.77. The molecule has 0 amide bonds. The van der Waals surface area contributed by atoms with E-state index in [0.29, 0.717) is 0 Å². The van der Waals surface area contributed by atoms with Crippen LogP contribution in [0.15, 0.2) is 30.5 Å². The molecule has 0 saturated heterocycles. The molecule has 0 aliphatic carbocycles. The smallest absolute Gasteiger partial charge is 0.161 e. The van der Waals surface area contributed by atoms with Gasteiger partial charge in [0.2, 0.25) is 0 Å². The SMILES string of the molecule is CCn1ncc(OC)c1C(NN)c1cccc(C)c1. The summed E-state index contributed by atoms with van der Waals surface area (Å²) in [5.41, 5.74) is 6.09. The van der Waals surface area contributed by atoms with E-state index in [-0.39, 0.29) is 6.04 Å². The molecule has 0 bridgehead atoms. The second kappa shape index (κ2) is 5.86. The molecule has 3 N–H and O–H groups in total. The number of rotatable bonds is 5. The molecule has 2 rings (SSSR count). The minimum absolute atomic E-state index is 0.141. The minimum Gasteiger partial charge on any atom is -0.493 e. The molecule has 0 radical (unpaired) electrons. The number of ether oxygens (including phenoxy) is 1. The van der Waals surface area contributed by atoms with E-state index in [2.05, 4.69) is 29.6 Å². The lowest BCUT2D eigenvalue weighted by molar-refractivity contribution is 0.399. The summed E-state index contributed by atoms with van der Waals surface area (Å²) in [6.07, 6.45) is 1.72. The zero-order valence-electron chi connectivity index (χ0n) is 11.6. The van der Waals surface area contributed by atoms with Gasteiger partial charge in [0.1, 0.15) is 5.69 Å². The highest BCUT2D eigenvalue weighted by atomic mass is 16.5. The molecule has 102 valence electrons. The molecule has 19 heavy (non-hydrogen) atoms. The van der Waals surface area contributed by atoms with Gasteiger partial charge in [0, 0.05) is 6.54 Å². The zero-order chi connectivity index (χ0) is 13.8. The molecule has 2 aromatic rings. The van der Waals surface area contributed by atoms with Crippen molar-refractivity contribution in [2.24, 2.45) is 5.84 Å². The molecule has 1 aromatic carbocycles. The van der Waals surface area contributed by atoms with Crippen LogP contribution in [0.4, 0.5) is 0 Å². The molecule has 0 fully saturated rings. The Labute approximate surface area is 113 Å². The first-order valence-electron chi connectivity index (χ1n) is 6.33. The van der Waals surface area contributed by atoms with Gasteiger partial charge in [-0.15, -0.1) is 0 Å². The third-order valence-corrected chi connectivity index (χ3v) is 3.18. The second-order valence-electron chi connectivity index (χ2n) is 4.43. The number of nitrogens with one attached hydrogen (secondary N) is 1. The molecule has 1 atom stereocenters. The summed E-state index contributed by atoms with van der Waals surface area (Å²) in [5.74, 6) is 6.49. The number of nitrogens with two attached hydrogens (primary N) is 1. The fraction of sp³-hybridized carbons (Fsp3) is 0.357. The van der Waals surface area contributed by atoms with E-state index in [4.69, 9.17) is 10.6 Å². The summed E-state index contributed by atoms with van der Waals surface area (Å²) in [6.45, 7) is 4.87. The predicted molar refractivity (Wildman–Crippen MR) is 74.8 cm³/mol. The molecule has 0 aliphatic heterocycles. The van der Waals surface area contributed by atoms with Crippen LogP contribution in [-0.4, -0.2) is 16.9 Å². The van der Waals surface area contributed by atoms with Gasteiger partial charge in [0.05, 0.1) is 19.3 Å². The van der Waals surface area contributed by atoms with Crippen LogP contribution in [0.25, 0.3) is 0 Å². The van der Waals surface area contributed by atoms with Crippen LogP contribution in [0.3, 0.4) is 0 Å². The van der Waals surface area contributed by atoms with Gasteiger partial charge in [0.15, 0.2) is 5.75 Å². The maximum absolute atomic E-state index is 5.75. The van der Waals surface area contributed by atoms with Crippen molar-refractivity contribution in [3.63, 3.8) is 0 Å². The standard InChI is InChI=1S/C14H20N4O/c1-4-18-14(12(19-3)9-16-18)13(17-15)11-7-5-6-10(2)8-11/h5-9,13,17H,4,15H2,1-3H3. The molecule has 0 spiro atoms. The monoisotopic (exact) mass is 260 g/mol. The molecule has 1 heterocycles. The number of aryl methyl sites for hydroxylation is 2. The third kappa shape index (κ3) is 2.62. The average Bonchev–Trinajstić information content (AvgIpc) is 2.83. The van der Waals surface area contributed by atoms with Gasteiger partial charge in [-0.1, -0.05) is 29.8 Å². The van der Waals surface area contributed by atoms with E-state index in [1.54, 1.807) is 13.3 Å². The van der Waals surface area contributed by atoms with Gasteiger partial charge >= 0.3 is 0 Å². The lowest BCUT2D eigenvalue weighted by atomic mass is 10.0. The highest BCUT2D eigenvalue weighted by molar-refractivity contribution is 5.37. The lowest BCUT2D eigenvalue weighted by Gasteiger charge is -2.19. The average molecular weight is 260 g/mol. The first-order chi connectivity index (χ1) is 9.21. The molecule has 0 saturated carbocycles. The van der Waals surface area contributed by atoms with Gasteiger partial charge in [-0.3, -0.25) is 10.5 Å². The lowest BCUT2D eigenvalue weighted by Crippen LogP contribution is -2.31. The summed E-state index contributed by atoms with van der Waals surface area (Å²) in [4.78, 5) is 0. The van der Waals surface area contributed by atoms with Crippen LogP contribution >= 0.6 is 0 Å². The van der Waals surface area contributed by atoms with Crippen molar-refractivity contribution in [3.8, 4) is 5.75 Å². The summed E-state index contributed by atoms with van der Waals surface area (Å²) in [6, 6.07) is 8.10. The number of hydrogen-bond acceptors (Lipinski definition) is 4. The van der Waals surface area contributed by atoms with Crippen LogP contribution in [0, 0.1) is 6.92 Å². The Kier molecular flexibility index (Phi) is 4.19. The normalized spacial score (nSPS) is 12.4. The number of hydrogen-bond donors (Lipinski definition) is 2. The number of nitrogens with zero attached hydrogens (tertiary/aromatic N) is 2. The number of methoxy groups -OCH3 is 1. The van der Waals surface area contributed by atoms with Crippen LogP contribution in [0.2, 0.25) is 0 Å². The van der Waals surface area contributed by atoms with E-state index in [9.17, 15) is 0 Å². The van der Waals surface area contributed by atoms with Crippen molar-refractivity contribution < 1.29 is 4.74 Å². The van der Waals surface area contributed by atoms with Crippen LogP contribution in [-0.2, 0) is 6.54 Å². The highest BCUT2D eigenvalue weighted by Gasteiger charge is 2.22. The van der Waals surface area contributed by atoms with E-state index in [0.717, 1.165) is 23.6 Å². The van der Waals surface area contributed by atoms with E-state index in [1.807, 2.05) is 23.7 Å². The zero-order valence-corrected chi connectivity index (χ0v) is 11.6. The third-order valence-electron chi connectivity index (χ3n) is 3.18. The van der Waals surface area contributed by atoms with E-state index >= 15 is 0 Å². The van der Waals surface area contributed by atoms with Crippen molar-refractivity contribution in [1.82, 2.24) is 15.2 Å². The Morgan fingerprint density at radius 2 is 2.26 bits per heavy atom. The van der Waals surface area contributed by atoms with Gasteiger partial charge in [-0.2, -0.15) is 5.10 Å². The minimum atomic E-state index is -0.141. The quantitative estimate of drug-likeness (QED) is 0.635. The molecular weight excluding hydrogens is 240 g/mol. The Bertz CT molecular complexity index is 529. The maximum atomic E-state index is 5.75. The van der Waals surface area contributed by atoms with Crippen molar-refractivity contribution in [3.05, 3.63) is 47.3 Å². The summed E-state index contributed by atoms with van der Waals surface area (Å²) < 4.78 is 7.28. The number of benzene rings is 1. The molecule has 1 unspecified atom stereocenters.